The molecule has 0 atom stereocenters. The van der Waals surface area contributed by atoms with E-state index in [0.717, 1.165) is 19.3 Å². The number of nitrogens with zero attached hydrogens (tertiary/aromatic N) is 3. The maximum atomic E-state index is 11.8. The number of carbonyl (C=O) groups is 1. The van der Waals surface area contributed by atoms with E-state index < -0.39 is 5.60 Å². The van der Waals surface area contributed by atoms with Crippen molar-refractivity contribution in [1.82, 2.24) is 20.4 Å². The van der Waals surface area contributed by atoms with Crippen molar-refractivity contribution in [2.45, 2.75) is 37.7 Å². The lowest BCUT2D eigenvalue weighted by Gasteiger charge is -2.36. The fraction of sp³-hybridized carbons (Fsp3) is 0.467. The molecule has 1 amide bonds. The number of pyridine rings is 1. The maximum Gasteiger partial charge on any atom is 0.227 e. The number of amides is 1. The van der Waals surface area contributed by atoms with E-state index in [2.05, 4.69) is 20.4 Å². The summed E-state index contributed by atoms with van der Waals surface area (Å²) in [6.07, 6.45) is 4.80. The first-order valence-electron chi connectivity index (χ1n) is 7.38. The van der Waals surface area contributed by atoms with E-state index >= 15 is 0 Å². The molecule has 3 rings (SSSR count). The molecule has 0 bridgehead atoms. The lowest BCUT2D eigenvalue weighted by atomic mass is 9.80. The summed E-state index contributed by atoms with van der Waals surface area (Å²) in [4.78, 5) is 20.1. The van der Waals surface area contributed by atoms with Gasteiger partial charge in [0.15, 0.2) is 0 Å². The van der Waals surface area contributed by atoms with Crippen LogP contribution in [0.1, 0.15) is 31.6 Å². The standard InChI is InChI=1S/C15H18N4O3/c20-12(17-10-15(21)7-3-8-15)5-6-13-18-14(19-22-13)11-4-1-2-9-16-11/h1-2,4,9,21H,3,5-8,10H2,(H,17,20). The highest BCUT2D eigenvalue weighted by molar-refractivity contribution is 5.76. The molecule has 2 aromatic heterocycles. The van der Waals surface area contributed by atoms with Crippen molar-refractivity contribution in [3.63, 3.8) is 0 Å². The molecule has 0 saturated heterocycles. The zero-order valence-electron chi connectivity index (χ0n) is 12.2. The minimum absolute atomic E-state index is 0.127. The van der Waals surface area contributed by atoms with Gasteiger partial charge in [0.1, 0.15) is 5.69 Å². The molecule has 1 aliphatic carbocycles. The summed E-state index contributed by atoms with van der Waals surface area (Å²) in [5.41, 5.74) is -0.0686. The zero-order valence-corrected chi connectivity index (χ0v) is 12.2. The topological polar surface area (TPSA) is 101 Å². The Morgan fingerprint density at radius 1 is 1.41 bits per heavy atom. The van der Waals surface area contributed by atoms with Gasteiger partial charge in [-0.15, -0.1) is 0 Å². The van der Waals surface area contributed by atoms with Crippen LogP contribution < -0.4 is 5.32 Å². The van der Waals surface area contributed by atoms with Crippen LogP contribution >= 0.6 is 0 Å². The van der Waals surface area contributed by atoms with Crippen LogP contribution in [0.25, 0.3) is 11.5 Å². The molecule has 1 fully saturated rings. The van der Waals surface area contributed by atoms with Gasteiger partial charge in [0, 0.05) is 25.6 Å². The Labute approximate surface area is 127 Å². The molecule has 0 aromatic carbocycles. The fourth-order valence-electron chi connectivity index (χ4n) is 2.29. The van der Waals surface area contributed by atoms with Crippen molar-refractivity contribution in [1.29, 1.82) is 0 Å². The first-order valence-corrected chi connectivity index (χ1v) is 7.38. The van der Waals surface area contributed by atoms with Crippen LogP contribution in [0.2, 0.25) is 0 Å². The van der Waals surface area contributed by atoms with Gasteiger partial charge in [0.25, 0.3) is 0 Å². The van der Waals surface area contributed by atoms with E-state index in [1.165, 1.54) is 0 Å². The highest BCUT2D eigenvalue weighted by Gasteiger charge is 2.34. The number of aliphatic hydroxyl groups is 1. The molecule has 2 aromatic rings. The van der Waals surface area contributed by atoms with Gasteiger partial charge >= 0.3 is 0 Å². The third-order valence-corrected chi connectivity index (χ3v) is 3.83. The van der Waals surface area contributed by atoms with Crippen molar-refractivity contribution in [3.8, 4) is 11.5 Å². The van der Waals surface area contributed by atoms with E-state index in [0.29, 0.717) is 30.4 Å². The summed E-state index contributed by atoms with van der Waals surface area (Å²) in [5, 5.41) is 16.5. The summed E-state index contributed by atoms with van der Waals surface area (Å²) in [5.74, 6) is 0.691. The van der Waals surface area contributed by atoms with Crippen LogP contribution in [0.4, 0.5) is 0 Å². The lowest BCUT2D eigenvalue weighted by Crippen LogP contribution is -2.47. The van der Waals surface area contributed by atoms with Crippen LogP contribution in [0, 0.1) is 0 Å². The third-order valence-electron chi connectivity index (χ3n) is 3.83. The van der Waals surface area contributed by atoms with Gasteiger partial charge < -0.3 is 14.9 Å². The second-order valence-electron chi connectivity index (χ2n) is 5.58. The van der Waals surface area contributed by atoms with Crippen LogP contribution in [0.5, 0.6) is 0 Å². The average Bonchev–Trinajstić information content (AvgIpc) is 2.99. The Balaban J connectivity index is 1.47. The number of rotatable bonds is 6. The molecule has 7 heteroatoms. The number of aromatic nitrogens is 3. The van der Waals surface area contributed by atoms with E-state index in [4.69, 9.17) is 4.52 Å². The van der Waals surface area contributed by atoms with E-state index in [1.54, 1.807) is 12.3 Å². The zero-order chi connectivity index (χ0) is 15.4. The van der Waals surface area contributed by atoms with Gasteiger partial charge in [-0.2, -0.15) is 4.98 Å². The Hall–Kier alpha value is -2.28. The fourth-order valence-corrected chi connectivity index (χ4v) is 2.29. The average molecular weight is 302 g/mol. The number of hydrogen-bond donors (Lipinski definition) is 2. The largest absolute Gasteiger partial charge is 0.388 e. The molecule has 0 unspecified atom stereocenters. The number of aryl methyl sites for hydroxylation is 1. The van der Waals surface area contributed by atoms with E-state index in [-0.39, 0.29) is 12.3 Å². The first kappa shape index (κ1) is 14.6. The van der Waals surface area contributed by atoms with Crippen molar-refractivity contribution in [2.24, 2.45) is 0 Å². The smallest absolute Gasteiger partial charge is 0.227 e. The lowest BCUT2D eigenvalue weighted by molar-refractivity contribution is -0.123. The predicted octanol–water partition coefficient (Wildman–Crippen LogP) is 1.10. The van der Waals surface area contributed by atoms with Gasteiger partial charge in [-0.25, -0.2) is 0 Å². The number of hydrogen-bond acceptors (Lipinski definition) is 6. The monoisotopic (exact) mass is 302 g/mol. The number of nitrogens with one attached hydrogen (secondary N) is 1. The van der Waals surface area contributed by atoms with Gasteiger partial charge in [-0.1, -0.05) is 11.2 Å². The van der Waals surface area contributed by atoms with Crippen LogP contribution in [0.15, 0.2) is 28.9 Å². The van der Waals surface area contributed by atoms with Crippen LogP contribution in [0.3, 0.4) is 0 Å². The number of carbonyl (C=O) groups excluding carboxylic acids is 1. The first-order chi connectivity index (χ1) is 10.6. The van der Waals surface area contributed by atoms with Gasteiger partial charge in [0.2, 0.25) is 17.6 Å². The molecular formula is C15H18N4O3. The SMILES string of the molecule is O=C(CCc1nc(-c2ccccn2)no1)NCC1(O)CCC1. The van der Waals surface area contributed by atoms with Crippen LogP contribution in [-0.4, -0.2) is 38.3 Å². The summed E-state index contributed by atoms with van der Waals surface area (Å²) in [6.45, 7) is 0.314. The minimum atomic E-state index is -0.702. The quantitative estimate of drug-likeness (QED) is 0.828. The highest BCUT2D eigenvalue weighted by atomic mass is 16.5. The van der Waals surface area contributed by atoms with Gasteiger partial charge in [-0.05, 0) is 31.4 Å². The van der Waals surface area contributed by atoms with Crippen molar-refractivity contribution in [3.05, 3.63) is 30.3 Å². The summed E-state index contributed by atoms with van der Waals surface area (Å²) >= 11 is 0. The molecule has 1 aliphatic rings. The summed E-state index contributed by atoms with van der Waals surface area (Å²) in [7, 11) is 0. The minimum Gasteiger partial charge on any atom is -0.388 e. The summed E-state index contributed by atoms with van der Waals surface area (Å²) < 4.78 is 5.12. The second-order valence-corrected chi connectivity index (χ2v) is 5.58. The molecule has 0 aliphatic heterocycles. The second kappa shape index (κ2) is 6.23. The molecule has 22 heavy (non-hydrogen) atoms. The molecule has 2 heterocycles. The maximum absolute atomic E-state index is 11.8. The molecule has 0 spiro atoms. The van der Waals surface area contributed by atoms with Crippen LogP contribution in [-0.2, 0) is 11.2 Å². The molecule has 0 radical (unpaired) electrons. The Morgan fingerprint density at radius 2 is 2.27 bits per heavy atom. The van der Waals surface area contributed by atoms with Gasteiger partial charge in [-0.3, -0.25) is 9.78 Å². The van der Waals surface area contributed by atoms with E-state index in [1.807, 2.05) is 12.1 Å². The molecule has 7 nitrogen and oxygen atoms in total. The normalized spacial score (nSPS) is 16.0. The van der Waals surface area contributed by atoms with Gasteiger partial charge in [0.05, 0.1) is 5.60 Å². The molecule has 1 saturated carbocycles. The molecular weight excluding hydrogens is 284 g/mol. The Morgan fingerprint density at radius 3 is 2.95 bits per heavy atom. The van der Waals surface area contributed by atoms with Crippen molar-refractivity contribution in [2.75, 3.05) is 6.54 Å². The summed E-state index contributed by atoms with van der Waals surface area (Å²) in [6, 6.07) is 5.45. The Bertz CT molecular complexity index is 637. The Kier molecular flexibility index (Phi) is 4.15. The predicted molar refractivity (Wildman–Crippen MR) is 77.7 cm³/mol. The third kappa shape index (κ3) is 3.48. The van der Waals surface area contributed by atoms with E-state index in [9.17, 15) is 9.90 Å². The van der Waals surface area contributed by atoms with Crippen molar-refractivity contribution < 1.29 is 14.4 Å². The highest BCUT2D eigenvalue weighted by Crippen LogP contribution is 2.30. The molecule has 2 N–H and O–H groups in total. The molecule has 116 valence electrons. The van der Waals surface area contributed by atoms with Crippen molar-refractivity contribution >= 4 is 5.91 Å².